The van der Waals surface area contributed by atoms with Crippen molar-refractivity contribution < 1.29 is 13.6 Å². The molecular weight excluding hydrogens is 254 g/mol. The Morgan fingerprint density at radius 2 is 2.37 bits per heavy atom. The number of nitrogens with one attached hydrogen (secondary N) is 2. The molecule has 1 amide bonds. The van der Waals surface area contributed by atoms with Crippen molar-refractivity contribution >= 4 is 5.91 Å². The minimum Gasteiger partial charge on any atom is -0.350 e. The summed E-state index contributed by atoms with van der Waals surface area (Å²) >= 11 is 0. The first kappa shape index (κ1) is 13.3. The molecule has 2 aromatic heterocycles. The predicted octanol–water partition coefficient (Wildman–Crippen LogP) is 1.45. The third kappa shape index (κ3) is 3.64. The molecule has 0 aliphatic carbocycles. The molecule has 0 unspecified atom stereocenters. The fraction of sp³-hybridized carbons (Fsp3) is 0.333. The Morgan fingerprint density at radius 1 is 1.53 bits per heavy atom. The number of rotatable bonds is 6. The van der Waals surface area contributed by atoms with Gasteiger partial charge in [0.1, 0.15) is 5.69 Å². The number of imidazole rings is 1. The highest BCUT2D eigenvalue weighted by Gasteiger charge is 2.13. The molecule has 102 valence electrons. The number of aromatic nitrogens is 3. The summed E-state index contributed by atoms with van der Waals surface area (Å²) in [4.78, 5) is 18.6. The van der Waals surface area contributed by atoms with Crippen LogP contribution in [0.5, 0.6) is 0 Å². The van der Waals surface area contributed by atoms with Gasteiger partial charge in [-0.25, -0.2) is 13.8 Å². The molecule has 0 fully saturated rings. The van der Waals surface area contributed by atoms with E-state index in [1.54, 1.807) is 18.6 Å². The summed E-state index contributed by atoms with van der Waals surface area (Å²) < 4.78 is 25.9. The monoisotopic (exact) mass is 268 g/mol. The van der Waals surface area contributed by atoms with E-state index in [0.29, 0.717) is 13.0 Å². The number of nitrogens with zero attached hydrogens (tertiary/aromatic N) is 2. The van der Waals surface area contributed by atoms with Crippen molar-refractivity contribution in [3.05, 3.63) is 42.2 Å². The van der Waals surface area contributed by atoms with E-state index in [4.69, 9.17) is 0 Å². The predicted molar refractivity (Wildman–Crippen MR) is 65.1 cm³/mol. The Balaban J connectivity index is 1.87. The highest BCUT2D eigenvalue weighted by molar-refractivity contribution is 5.92. The summed E-state index contributed by atoms with van der Waals surface area (Å²) in [6, 6.07) is 3.10. The number of alkyl halides is 2. The molecule has 2 aromatic rings. The van der Waals surface area contributed by atoms with Gasteiger partial charge in [0.2, 0.25) is 0 Å². The van der Waals surface area contributed by atoms with Crippen molar-refractivity contribution in [2.24, 2.45) is 0 Å². The van der Waals surface area contributed by atoms with Crippen LogP contribution >= 0.6 is 0 Å². The van der Waals surface area contributed by atoms with E-state index in [9.17, 15) is 13.6 Å². The number of hydrogen-bond donors (Lipinski definition) is 2. The van der Waals surface area contributed by atoms with Crippen molar-refractivity contribution in [1.82, 2.24) is 19.9 Å². The lowest BCUT2D eigenvalue weighted by Gasteiger charge is -2.08. The molecule has 2 rings (SSSR count). The summed E-state index contributed by atoms with van der Waals surface area (Å²) in [7, 11) is 0. The average Bonchev–Trinajstić information content (AvgIpc) is 2.99. The number of halogens is 2. The van der Waals surface area contributed by atoms with Gasteiger partial charge in [0.25, 0.3) is 12.3 Å². The zero-order valence-corrected chi connectivity index (χ0v) is 10.1. The maximum Gasteiger partial charge on any atom is 0.267 e. The van der Waals surface area contributed by atoms with Crippen molar-refractivity contribution in [3.63, 3.8) is 0 Å². The normalized spacial score (nSPS) is 10.9. The van der Waals surface area contributed by atoms with Gasteiger partial charge in [0.15, 0.2) is 0 Å². The van der Waals surface area contributed by atoms with E-state index < -0.39 is 13.0 Å². The zero-order valence-electron chi connectivity index (χ0n) is 10.1. The third-order valence-electron chi connectivity index (χ3n) is 2.63. The highest BCUT2D eigenvalue weighted by Crippen LogP contribution is 2.06. The maximum absolute atomic E-state index is 12.3. The van der Waals surface area contributed by atoms with Crippen molar-refractivity contribution in [2.45, 2.75) is 19.4 Å². The molecule has 0 spiro atoms. The van der Waals surface area contributed by atoms with Gasteiger partial charge in [-0.05, 0) is 12.1 Å². The molecule has 0 atom stereocenters. The quantitative estimate of drug-likeness (QED) is 0.833. The number of amides is 1. The first-order valence-electron chi connectivity index (χ1n) is 5.85. The van der Waals surface area contributed by atoms with Crippen LogP contribution < -0.4 is 5.32 Å². The van der Waals surface area contributed by atoms with Crippen LogP contribution in [0.2, 0.25) is 0 Å². The van der Waals surface area contributed by atoms with Gasteiger partial charge >= 0.3 is 0 Å². The standard InChI is InChI=1S/C12H14F2N4O/c13-11(14)7-18-5-1-2-10(18)12(19)16-4-3-9-6-15-8-17-9/h1-2,5-6,8,11H,3-4,7H2,(H,15,17)(H,16,19). The van der Waals surface area contributed by atoms with Gasteiger partial charge in [-0.15, -0.1) is 0 Å². The van der Waals surface area contributed by atoms with Crippen LogP contribution in [0.3, 0.4) is 0 Å². The molecule has 0 aliphatic rings. The zero-order chi connectivity index (χ0) is 13.7. The van der Waals surface area contributed by atoms with Crippen LogP contribution in [0.15, 0.2) is 30.9 Å². The number of H-pyrrole nitrogens is 1. The highest BCUT2D eigenvalue weighted by atomic mass is 19.3. The summed E-state index contributed by atoms with van der Waals surface area (Å²) in [5, 5.41) is 2.68. The van der Waals surface area contributed by atoms with Crippen molar-refractivity contribution in [2.75, 3.05) is 6.54 Å². The Hall–Kier alpha value is -2.18. The lowest BCUT2D eigenvalue weighted by molar-refractivity contribution is 0.0931. The molecule has 5 nitrogen and oxygen atoms in total. The summed E-state index contributed by atoms with van der Waals surface area (Å²) in [5.41, 5.74) is 1.15. The maximum atomic E-state index is 12.3. The van der Waals surface area contributed by atoms with Gasteiger partial charge in [-0.1, -0.05) is 0 Å². The van der Waals surface area contributed by atoms with Crippen molar-refractivity contribution in [3.8, 4) is 0 Å². The van der Waals surface area contributed by atoms with Gasteiger partial charge in [-0.2, -0.15) is 0 Å². The average molecular weight is 268 g/mol. The van der Waals surface area contributed by atoms with E-state index in [-0.39, 0.29) is 11.6 Å². The SMILES string of the molecule is O=C(NCCc1cnc[nH]1)c1cccn1CC(F)F. The van der Waals surface area contributed by atoms with Crippen LogP contribution in [0.25, 0.3) is 0 Å². The molecule has 0 aliphatic heterocycles. The Kier molecular flexibility index (Phi) is 4.27. The van der Waals surface area contributed by atoms with E-state index in [1.165, 1.54) is 16.8 Å². The molecule has 0 radical (unpaired) electrons. The molecular formula is C12H14F2N4O. The molecule has 0 saturated carbocycles. The smallest absolute Gasteiger partial charge is 0.267 e. The second-order valence-electron chi connectivity index (χ2n) is 4.02. The fourth-order valence-electron chi connectivity index (χ4n) is 1.75. The molecule has 2 heterocycles. The number of aromatic amines is 1. The van der Waals surface area contributed by atoms with Crippen molar-refractivity contribution in [1.29, 1.82) is 0 Å². The van der Waals surface area contributed by atoms with E-state index in [0.717, 1.165) is 5.69 Å². The minimum absolute atomic E-state index is 0.241. The molecule has 2 N–H and O–H groups in total. The fourth-order valence-corrected chi connectivity index (χ4v) is 1.75. The van der Waals surface area contributed by atoms with Gasteiger partial charge < -0.3 is 14.9 Å². The van der Waals surface area contributed by atoms with Crippen LogP contribution in [-0.4, -0.2) is 33.4 Å². The van der Waals surface area contributed by atoms with Crippen LogP contribution in [0.4, 0.5) is 8.78 Å². The van der Waals surface area contributed by atoms with E-state index in [2.05, 4.69) is 15.3 Å². The van der Waals surface area contributed by atoms with Gasteiger partial charge in [-0.3, -0.25) is 4.79 Å². The first-order valence-corrected chi connectivity index (χ1v) is 5.85. The van der Waals surface area contributed by atoms with Gasteiger partial charge in [0.05, 0.1) is 12.9 Å². The molecule has 19 heavy (non-hydrogen) atoms. The lowest BCUT2D eigenvalue weighted by atomic mass is 10.3. The summed E-state index contributed by atoms with van der Waals surface area (Å²) in [6.45, 7) is -0.0583. The summed E-state index contributed by atoms with van der Waals surface area (Å²) in [6.07, 6.45) is 2.83. The van der Waals surface area contributed by atoms with E-state index in [1.807, 2.05) is 0 Å². The lowest BCUT2D eigenvalue weighted by Crippen LogP contribution is -2.28. The largest absolute Gasteiger partial charge is 0.350 e. The Labute approximate surface area is 108 Å². The second kappa shape index (κ2) is 6.12. The topological polar surface area (TPSA) is 62.7 Å². The molecule has 7 heteroatoms. The Bertz CT molecular complexity index is 522. The van der Waals surface area contributed by atoms with Gasteiger partial charge in [0, 0.05) is 31.1 Å². The number of carbonyl (C=O) groups excluding carboxylic acids is 1. The summed E-state index contributed by atoms with van der Waals surface area (Å²) in [5.74, 6) is -0.356. The molecule has 0 bridgehead atoms. The van der Waals surface area contributed by atoms with Crippen LogP contribution in [0.1, 0.15) is 16.2 Å². The van der Waals surface area contributed by atoms with Crippen LogP contribution in [0, 0.1) is 0 Å². The second-order valence-corrected chi connectivity index (χ2v) is 4.02. The third-order valence-corrected chi connectivity index (χ3v) is 2.63. The number of carbonyl (C=O) groups is 1. The molecule has 0 aromatic carbocycles. The van der Waals surface area contributed by atoms with Crippen LogP contribution in [-0.2, 0) is 13.0 Å². The van der Waals surface area contributed by atoms with E-state index >= 15 is 0 Å². The molecule has 0 saturated heterocycles. The minimum atomic E-state index is -2.48. The Morgan fingerprint density at radius 3 is 3.05 bits per heavy atom. The number of hydrogen-bond acceptors (Lipinski definition) is 2. The first-order chi connectivity index (χ1) is 9.16.